The van der Waals surface area contributed by atoms with Crippen molar-refractivity contribution in [1.82, 2.24) is 10.2 Å². The highest BCUT2D eigenvalue weighted by molar-refractivity contribution is 6.34. The molecule has 19 heavy (non-hydrogen) atoms. The van der Waals surface area contributed by atoms with Crippen LogP contribution in [0.3, 0.4) is 0 Å². The molecule has 4 nitrogen and oxygen atoms in total. The first-order valence-corrected chi connectivity index (χ1v) is 6.77. The molecule has 0 spiro atoms. The summed E-state index contributed by atoms with van der Waals surface area (Å²) in [6.07, 6.45) is 1.54. The van der Waals surface area contributed by atoms with Crippen molar-refractivity contribution >= 4 is 28.2 Å². The SMILES string of the molecule is CCC(C)(CCO)Nc1nnc(Cl)c2ccccc12. The van der Waals surface area contributed by atoms with Crippen molar-refractivity contribution in [2.24, 2.45) is 0 Å². The number of anilines is 1. The molecule has 2 rings (SSSR count). The van der Waals surface area contributed by atoms with Crippen molar-refractivity contribution in [2.45, 2.75) is 32.2 Å². The maximum Gasteiger partial charge on any atom is 0.159 e. The monoisotopic (exact) mass is 279 g/mol. The molecule has 5 heteroatoms. The number of nitrogens with one attached hydrogen (secondary N) is 1. The van der Waals surface area contributed by atoms with Crippen molar-refractivity contribution < 1.29 is 5.11 Å². The summed E-state index contributed by atoms with van der Waals surface area (Å²) < 4.78 is 0. The zero-order chi connectivity index (χ0) is 13.9. The molecule has 0 aliphatic rings. The number of benzene rings is 1. The predicted molar refractivity (Wildman–Crippen MR) is 78.6 cm³/mol. The summed E-state index contributed by atoms with van der Waals surface area (Å²) in [5.74, 6) is 0.706. The van der Waals surface area contributed by atoms with Gasteiger partial charge in [-0.1, -0.05) is 42.8 Å². The zero-order valence-corrected chi connectivity index (χ0v) is 11.9. The lowest BCUT2D eigenvalue weighted by molar-refractivity contribution is 0.252. The molecule has 1 atom stereocenters. The minimum atomic E-state index is -0.208. The largest absolute Gasteiger partial charge is 0.396 e. The molecule has 0 amide bonds. The number of hydrogen-bond acceptors (Lipinski definition) is 4. The van der Waals surface area contributed by atoms with Crippen LogP contribution in [0, 0.1) is 0 Å². The molecule has 2 aromatic rings. The van der Waals surface area contributed by atoms with E-state index in [2.05, 4.69) is 29.4 Å². The van der Waals surface area contributed by atoms with Crippen LogP contribution in [0.1, 0.15) is 26.7 Å². The second kappa shape index (κ2) is 5.72. The Morgan fingerprint density at radius 3 is 2.58 bits per heavy atom. The number of rotatable bonds is 5. The topological polar surface area (TPSA) is 58.0 Å². The predicted octanol–water partition coefficient (Wildman–Crippen LogP) is 3.25. The number of aliphatic hydroxyl groups excluding tert-OH is 1. The van der Waals surface area contributed by atoms with E-state index in [0.717, 1.165) is 17.2 Å². The van der Waals surface area contributed by atoms with Gasteiger partial charge in [0.25, 0.3) is 0 Å². The molecule has 0 saturated carbocycles. The normalized spacial score (nSPS) is 14.3. The summed E-state index contributed by atoms with van der Waals surface area (Å²) in [6.45, 7) is 4.28. The second-order valence-corrected chi connectivity index (χ2v) is 5.26. The fourth-order valence-electron chi connectivity index (χ4n) is 2.02. The van der Waals surface area contributed by atoms with Crippen LogP contribution >= 0.6 is 11.6 Å². The number of halogens is 1. The maximum atomic E-state index is 9.17. The molecular weight excluding hydrogens is 262 g/mol. The molecule has 0 saturated heterocycles. The second-order valence-electron chi connectivity index (χ2n) is 4.90. The summed E-state index contributed by atoms with van der Waals surface area (Å²) >= 11 is 6.05. The van der Waals surface area contributed by atoms with E-state index in [1.54, 1.807) is 0 Å². The number of fused-ring (bicyclic) bond motifs is 1. The Bertz CT molecular complexity index is 576. The molecule has 1 heterocycles. The van der Waals surface area contributed by atoms with Gasteiger partial charge in [0.1, 0.15) is 0 Å². The van der Waals surface area contributed by atoms with Crippen LogP contribution < -0.4 is 5.32 Å². The molecule has 0 aliphatic heterocycles. The number of nitrogens with zero attached hydrogens (tertiary/aromatic N) is 2. The minimum absolute atomic E-state index is 0.135. The Labute approximate surface area is 117 Å². The number of aromatic nitrogens is 2. The maximum absolute atomic E-state index is 9.17. The smallest absolute Gasteiger partial charge is 0.159 e. The Hall–Kier alpha value is -1.39. The van der Waals surface area contributed by atoms with Crippen LogP contribution in [-0.4, -0.2) is 27.4 Å². The molecule has 0 fully saturated rings. The van der Waals surface area contributed by atoms with Gasteiger partial charge in [-0.3, -0.25) is 0 Å². The van der Waals surface area contributed by atoms with E-state index in [4.69, 9.17) is 11.6 Å². The molecule has 102 valence electrons. The van der Waals surface area contributed by atoms with E-state index in [1.165, 1.54) is 0 Å². The first-order chi connectivity index (χ1) is 9.09. The van der Waals surface area contributed by atoms with Gasteiger partial charge in [-0.25, -0.2) is 0 Å². The van der Waals surface area contributed by atoms with E-state index in [-0.39, 0.29) is 12.1 Å². The van der Waals surface area contributed by atoms with Crippen LogP contribution in [-0.2, 0) is 0 Å². The van der Waals surface area contributed by atoms with Gasteiger partial charge in [0.15, 0.2) is 11.0 Å². The number of hydrogen-bond donors (Lipinski definition) is 2. The van der Waals surface area contributed by atoms with Gasteiger partial charge in [0.2, 0.25) is 0 Å². The van der Waals surface area contributed by atoms with Crippen molar-refractivity contribution in [3.63, 3.8) is 0 Å². The zero-order valence-electron chi connectivity index (χ0n) is 11.2. The highest BCUT2D eigenvalue weighted by atomic mass is 35.5. The summed E-state index contributed by atoms with van der Waals surface area (Å²) in [5, 5.41) is 22.9. The third-order valence-electron chi connectivity index (χ3n) is 3.51. The van der Waals surface area contributed by atoms with Crippen LogP contribution in [0.25, 0.3) is 10.8 Å². The third kappa shape index (κ3) is 2.96. The average molecular weight is 280 g/mol. The summed E-state index contributed by atoms with van der Waals surface area (Å²) in [4.78, 5) is 0. The van der Waals surface area contributed by atoms with E-state index in [9.17, 15) is 5.11 Å². The lowest BCUT2D eigenvalue weighted by Crippen LogP contribution is -2.35. The Morgan fingerprint density at radius 1 is 1.26 bits per heavy atom. The lowest BCUT2D eigenvalue weighted by Gasteiger charge is -2.29. The van der Waals surface area contributed by atoms with Crippen LogP contribution in [0.15, 0.2) is 24.3 Å². The Balaban J connectivity index is 2.43. The summed E-state index contributed by atoms with van der Waals surface area (Å²) in [6, 6.07) is 7.76. The van der Waals surface area contributed by atoms with Gasteiger partial charge in [-0.05, 0) is 19.8 Å². The van der Waals surface area contributed by atoms with Gasteiger partial charge in [-0.15, -0.1) is 10.2 Å². The highest BCUT2D eigenvalue weighted by Crippen LogP contribution is 2.29. The van der Waals surface area contributed by atoms with Crippen LogP contribution in [0.4, 0.5) is 5.82 Å². The van der Waals surface area contributed by atoms with E-state index in [0.29, 0.717) is 17.4 Å². The van der Waals surface area contributed by atoms with Gasteiger partial charge in [0, 0.05) is 22.9 Å². The fourth-order valence-corrected chi connectivity index (χ4v) is 2.23. The van der Waals surface area contributed by atoms with E-state index >= 15 is 0 Å². The average Bonchev–Trinajstić information content (AvgIpc) is 2.43. The van der Waals surface area contributed by atoms with E-state index in [1.807, 2.05) is 24.3 Å². The van der Waals surface area contributed by atoms with Gasteiger partial charge in [-0.2, -0.15) is 0 Å². The minimum Gasteiger partial charge on any atom is -0.396 e. The number of aliphatic hydroxyl groups is 1. The first kappa shape index (κ1) is 14.0. The molecule has 0 aliphatic carbocycles. The lowest BCUT2D eigenvalue weighted by atomic mass is 9.94. The molecule has 0 radical (unpaired) electrons. The van der Waals surface area contributed by atoms with E-state index < -0.39 is 0 Å². The van der Waals surface area contributed by atoms with Gasteiger partial charge >= 0.3 is 0 Å². The van der Waals surface area contributed by atoms with Crippen LogP contribution in [0.5, 0.6) is 0 Å². The molecule has 1 aromatic heterocycles. The third-order valence-corrected chi connectivity index (χ3v) is 3.79. The summed E-state index contributed by atoms with van der Waals surface area (Å²) in [5.41, 5.74) is -0.208. The van der Waals surface area contributed by atoms with Crippen LogP contribution in [0.2, 0.25) is 5.15 Å². The highest BCUT2D eigenvalue weighted by Gasteiger charge is 2.23. The Morgan fingerprint density at radius 2 is 1.95 bits per heavy atom. The van der Waals surface area contributed by atoms with Crippen molar-refractivity contribution in [3.8, 4) is 0 Å². The fraction of sp³-hybridized carbons (Fsp3) is 0.429. The van der Waals surface area contributed by atoms with Gasteiger partial charge in [0.05, 0.1) is 0 Å². The molecular formula is C14H18ClN3O. The summed E-state index contributed by atoms with van der Waals surface area (Å²) in [7, 11) is 0. The molecule has 0 bridgehead atoms. The molecule has 1 aromatic carbocycles. The molecule has 2 N–H and O–H groups in total. The van der Waals surface area contributed by atoms with Gasteiger partial charge < -0.3 is 10.4 Å². The quantitative estimate of drug-likeness (QED) is 0.882. The first-order valence-electron chi connectivity index (χ1n) is 6.39. The van der Waals surface area contributed by atoms with Crippen molar-refractivity contribution in [3.05, 3.63) is 29.4 Å². The standard InChI is InChI=1S/C14H18ClN3O/c1-3-14(2,8-9-19)16-13-11-7-5-4-6-10(11)12(15)17-18-13/h4-7,19H,3,8-9H2,1-2H3,(H,16,18). The van der Waals surface area contributed by atoms with Crippen molar-refractivity contribution in [2.75, 3.05) is 11.9 Å². The Kier molecular flexibility index (Phi) is 4.22. The molecule has 1 unspecified atom stereocenters. The van der Waals surface area contributed by atoms with Crippen molar-refractivity contribution in [1.29, 1.82) is 0 Å².